The summed E-state index contributed by atoms with van der Waals surface area (Å²) in [5.74, 6) is -1.59. The maximum absolute atomic E-state index is 12.9. The Morgan fingerprint density at radius 2 is 1.69 bits per heavy atom. The van der Waals surface area contributed by atoms with Crippen LogP contribution in [0.15, 0.2) is 75.1 Å². The van der Waals surface area contributed by atoms with E-state index in [0.29, 0.717) is 0 Å². The van der Waals surface area contributed by atoms with Gasteiger partial charge in [0.1, 0.15) is 11.6 Å². The van der Waals surface area contributed by atoms with Crippen LogP contribution in [0.3, 0.4) is 0 Å². The molecule has 26 heavy (non-hydrogen) atoms. The van der Waals surface area contributed by atoms with Crippen LogP contribution in [0.25, 0.3) is 0 Å². The first-order chi connectivity index (χ1) is 12.2. The van der Waals surface area contributed by atoms with E-state index in [1.54, 1.807) is 0 Å². The van der Waals surface area contributed by atoms with Crippen molar-refractivity contribution in [2.24, 2.45) is 15.4 Å². The highest BCUT2D eigenvalue weighted by atomic mass is 32.2. The molecule has 0 aliphatic rings. The molecular weight excluding hydrogens is 363 g/mol. The number of sulfonamides is 1. The number of nitrogens with two attached hydrogens (primary N) is 1. The molecule has 0 aliphatic heterocycles. The number of amides is 1. The van der Waals surface area contributed by atoms with Gasteiger partial charge in [0.05, 0.1) is 10.6 Å². The molecule has 0 aromatic heterocycles. The number of carbonyl (C=O) groups excluding carboxylic acids is 1. The Morgan fingerprint density at radius 1 is 1.12 bits per heavy atom. The third-order valence-electron chi connectivity index (χ3n) is 3.09. The van der Waals surface area contributed by atoms with Crippen molar-refractivity contribution in [3.05, 3.63) is 65.8 Å². The fraction of sp³-hybridized carbons (Fsp3) is 0.0625. The van der Waals surface area contributed by atoms with Gasteiger partial charge in [0.15, 0.2) is 5.70 Å². The second kappa shape index (κ2) is 7.85. The van der Waals surface area contributed by atoms with Crippen LogP contribution in [0.1, 0.15) is 6.92 Å². The zero-order valence-electron chi connectivity index (χ0n) is 13.5. The summed E-state index contributed by atoms with van der Waals surface area (Å²) in [5, 5.41) is 24.5. The Balaban J connectivity index is 2.16. The van der Waals surface area contributed by atoms with Gasteiger partial charge in [-0.15, -0.1) is 5.11 Å². The maximum atomic E-state index is 12.9. The first kappa shape index (κ1) is 19.2. The number of allylic oxidation sites excluding steroid dienone is 1. The molecule has 0 fully saturated rings. The lowest BCUT2D eigenvalue weighted by Gasteiger charge is -2.06. The molecule has 1 amide bonds. The van der Waals surface area contributed by atoms with Gasteiger partial charge in [0.2, 0.25) is 10.0 Å². The van der Waals surface area contributed by atoms with Gasteiger partial charge in [-0.2, -0.15) is 5.11 Å². The van der Waals surface area contributed by atoms with E-state index in [0.717, 1.165) is 0 Å². The Bertz CT molecular complexity index is 964. The number of aliphatic hydroxyl groups excluding tert-OH is 1. The average molecular weight is 378 g/mol. The number of hydrogen-bond donors (Lipinski definition) is 3. The molecule has 8 nitrogen and oxygen atoms in total. The van der Waals surface area contributed by atoms with Crippen molar-refractivity contribution >= 4 is 27.3 Å². The van der Waals surface area contributed by atoms with Crippen molar-refractivity contribution in [2.45, 2.75) is 11.8 Å². The monoisotopic (exact) mass is 378 g/mol. The Morgan fingerprint density at radius 3 is 2.19 bits per heavy atom. The fourth-order valence-electron chi connectivity index (χ4n) is 1.82. The Kier molecular flexibility index (Phi) is 5.80. The number of nitrogens with zero attached hydrogens (tertiary/aromatic N) is 2. The minimum Gasteiger partial charge on any atom is -0.510 e. The van der Waals surface area contributed by atoms with Crippen LogP contribution in [-0.2, 0) is 14.8 Å². The summed E-state index contributed by atoms with van der Waals surface area (Å²) in [4.78, 5) is 12.1. The number of nitrogens with one attached hydrogen (secondary N) is 1. The van der Waals surface area contributed by atoms with Crippen LogP contribution in [0, 0.1) is 5.82 Å². The first-order valence-electron chi connectivity index (χ1n) is 7.18. The van der Waals surface area contributed by atoms with E-state index < -0.39 is 21.7 Å². The average Bonchev–Trinajstić information content (AvgIpc) is 2.56. The molecule has 10 heteroatoms. The number of halogens is 1. The third kappa shape index (κ3) is 5.19. The summed E-state index contributed by atoms with van der Waals surface area (Å²) in [6, 6.07) is 10.2. The van der Waals surface area contributed by atoms with Crippen molar-refractivity contribution in [3.8, 4) is 0 Å². The number of anilines is 1. The zero-order valence-corrected chi connectivity index (χ0v) is 14.4. The van der Waals surface area contributed by atoms with Gasteiger partial charge in [-0.3, -0.25) is 4.79 Å². The molecule has 0 atom stereocenters. The van der Waals surface area contributed by atoms with Gasteiger partial charge in [-0.1, -0.05) is 0 Å². The van der Waals surface area contributed by atoms with Crippen LogP contribution in [0.2, 0.25) is 0 Å². The molecule has 0 spiro atoms. The standard InChI is InChI=1S/C16H15FN4O4S/c1-10(22)15(21-20-13-4-2-11(17)3-5-13)16(23)19-12-6-8-14(9-7-12)26(18,24)25/h2-9,22H,1H3,(H,19,23)(H2,18,24,25)/b15-10+,21-20?. The molecule has 2 aromatic carbocycles. The molecule has 0 bridgehead atoms. The lowest BCUT2D eigenvalue weighted by Crippen LogP contribution is -2.15. The molecule has 2 rings (SSSR count). The number of primary sulfonamides is 1. The van der Waals surface area contributed by atoms with Gasteiger partial charge in [0.25, 0.3) is 5.91 Å². The summed E-state index contributed by atoms with van der Waals surface area (Å²) >= 11 is 0. The second-order valence-corrected chi connectivity index (χ2v) is 6.70. The summed E-state index contributed by atoms with van der Waals surface area (Å²) < 4.78 is 35.3. The van der Waals surface area contributed by atoms with Crippen molar-refractivity contribution < 1.29 is 22.7 Å². The summed E-state index contributed by atoms with van der Waals surface area (Å²) in [7, 11) is -3.84. The molecule has 136 valence electrons. The number of azo groups is 1. The summed E-state index contributed by atoms with van der Waals surface area (Å²) in [6.45, 7) is 1.25. The maximum Gasteiger partial charge on any atom is 0.279 e. The molecule has 0 unspecified atom stereocenters. The van der Waals surface area contributed by atoms with Crippen molar-refractivity contribution in [1.29, 1.82) is 0 Å². The first-order valence-corrected chi connectivity index (χ1v) is 8.73. The molecular formula is C16H15FN4O4S. The smallest absolute Gasteiger partial charge is 0.279 e. The van der Waals surface area contributed by atoms with E-state index in [-0.39, 0.29) is 27.7 Å². The zero-order chi connectivity index (χ0) is 19.3. The van der Waals surface area contributed by atoms with Gasteiger partial charge in [-0.25, -0.2) is 17.9 Å². The van der Waals surface area contributed by atoms with E-state index in [1.807, 2.05) is 0 Å². The number of rotatable bonds is 5. The van der Waals surface area contributed by atoms with Crippen molar-refractivity contribution in [2.75, 3.05) is 5.32 Å². The number of carbonyl (C=O) groups is 1. The number of benzene rings is 2. The van der Waals surface area contributed by atoms with Crippen molar-refractivity contribution in [3.63, 3.8) is 0 Å². The summed E-state index contributed by atoms with van der Waals surface area (Å²) in [6.07, 6.45) is 0. The molecule has 0 aliphatic carbocycles. The second-order valence-electron chi connectivity index (χ2n) is 5.13. The van der Waals surface area contributed by atoms with E-state index in [1.165, 1.54) is 55.5 Å². The molecule has 0 heterocycles. The quantitative estimate of drug-likeness (QED) is 0.419. The number of hydrogen-bond acceptors (Lipinski definition) is 6. The van der Waals surface area contributed by atoms with Gasteiger partial charge in [-0.05, 0) is 55.5 Å². The highest BCUT2D eigenvalue weighted by Gasteiger charge is 2.14. The Labute approximate surface area is 148 Å². The lowest BCUT2D eigenvalue weighted by molar-refractivity contribution is -0.113. The van der Waals surface area contributed by atoms with Gasteiger partial charge < -0.3 is 10.4 Å². The fourth-order valence-corrected chi connectivity index (χ4v) is 2.33. The van der Waals surface area contributed by atoms with Crippen LogP contribution < -0.4 is 10.5 Å². The van der Waals surface area contributed by atoms with Crippen LogP contribution in [0.5, 0.6) is 0 Å². The largest absolute Gasteiger partial charge is 0.510 e. The SMILES string of the molecule is C/C(O)=C(\N=Nc1ccc(F)cc1)C(=O)Nc1ccc(S(N)(=O)=O)cc1. The number of aliphatic hydroxyl groups is 1. The van der Waals surface area contributed by atoms with E-state index in [9.17, 15) is 22.7 Å². The topological polar surface area (TPSA) is 134 Å². The predicted octanol–water partition coefficient (Wildman–Crippen LogP) is 2.98. The highest BCUT2D eigenvalue weighted by molar-refractivity contribution is 7.89. The van der Waals surface area contributed by atoms with E-state index >= 15 is 0 Å². The normalized spacial score (nSPS) is 12.7. The van der Waals surface area contributed by atoms with Crippen molar-refractivity contribution in [1.82, 2.24) is 0 Å². The van der Waals surface area contributed by atoms with Crippen LogP contribution in [0.4, 0.5) is 15.8 Å². The molecule has 2 aromatic rings. The van der Waals surface area contributed by atoms with E-state index in [4.69, 9.17) is 5.14 Å². The molecule has 4 N–H and O–H groups in total. The molecule has 0 radical (unpaired) electrons. The summed E-state index contributed by atoms with van der Waals surface area (Å²) in [5.41, 5.74) is 0.193. The molecule has 0 saturated heterocycles. The minimum atomic E-state index is -3.84. The minimum absolute atomic E-state index is 0.111. The van der Waals surface area contributed by atoms with E-state index in [2.05, 4.69) is 15.5 Å². The molecule has 0 saturated carbocycles. The van der Waals surface area contributed by atoms with Gasteiger partial charge in [0, 0.05) is 5.69 Å². The highest BCUT2D eigenvalue weighted by Crippen LogP contribution is 2.18. The lowest BCUT2D eigenvalue weighted by atomic mass is 10.3. The van der Waals surface area contributed by atoms with Gasteiger partial charge >= 0.3 is 0 Å². The third-order valence-corrected chi connectivity index (χ3v) is 4.02. The Hall–Kier alpha value is -3.11. The van der Waals surface area contributed by atoms with Crippen LogP contribution >= 0.6 is 0 Å². The van der Waals surface area contributed by atoms with Crippen LogP contribution in [-0.4, -0.2) is 19.4 Å². The predicted molar refractivity (Wildman–Crippen MR) is 92.7 cm³/mol.